The van der Waals surface area contributed by atoms with Crippen LogP contribution in [0.15, 0.2) is 40.2 Å². The summed E-state index contributed by atoms with van der Waals surface area (Å²) in [7, 11) is 0. The van der Waals surface area contributed by atoms with Gasteiger partial charge in [-0.05, 0) is 37.7 Å². The molecule has 0 saturated carbocycles. The number of rotatable bonds is 10. The zero-order valence-corrected chi connectivity index (χ0v) is 15.7. The van der Waals surface area contributed by atoms with E-state index >= 15 is 0 Å². The van der Waals surface area contributed by atoms with E-state index in [1.807, 2.05) is 24.8 Å². The number of nitrogens with zero attached hydrogens (tertiary/aromatic N) is 1. The summed E-state index contributed by atoms with van der Waals surface area (Å²) in [4.78, 5) is 5.61. The van der Waals surface area contributed by atoms with Gasteiger partial charge in [0.25, 0.3) is 0 Å². The number of hydrogen-bond donors (Lipinski definition) is 2. The van der Waals surface area contributed by atoms with Gasteiger partial charge in [-0.3, -0.25) is 4.99 Å². The van der Waals surface area contributed by atoms with Crippen LogP contribution in [0.3, 0.4) is 0 Å². The number of halogens is 1. The summed E-state index contributed by atoms with van der Waals surface area (Å²) < 4.78 is 5.25. The molecule has 0 bridgehead atoms. The molecule has 1 aromatic rings. The van der Waals surface area contributed by atoms with E-state index in [4.69, 9.17) is 10.5 Å². The molecule has 1 aromatic carbocycles. The predicted octanol–water partition coefficient (Wildman–Crippen LogP) is 3.12. The van der Waals surface area contributed by atoms with Crippen LogP contribution >= 0.6 is 35.7 Å². The SMILES string of the molecule is CCOCCCNC(N)=NCCCSc1ccccc1.I. The molecule has 3 N–H and O–H groups in total. The first-order chi connectivity index (χ1) is 9.83. The van der Waals surface area contributed by atoms with Gasteiger partial charge >= 0.3 is 0 Å². The van der Waals surface area contributed by atoms with Crippen LogP contribution in [0, 0.1) is 0 Å². The lowest BCUT2D eigenvalue weighted by atomic mass is 10.4. The van der Waals surface area contributed by atoms with Gasteiger partial charge < -0.3 is 15.8 Å². The third kappa shape index (κ3) is 11.8. The highest BCUT2D eigenvalue weighted by Gasteiger charge is 1.94. The Kier molecular flexibility index (Phi) is 14.1. The molecular formula is C15H26IN3OS. The van der Waals surface area contributed by atoms with E-state index in [-0.39, 0.29) is 24.0 Å². The van der Waals surface area contributed by atoms with Crippen molar-refractivity contribution >= 4 is 41.7 Å². The first-order valence-corrected chi connectivity index (χ1v) is 8.11. The second-order valence-corrected chi connectivity index (χ2v) is 5.43. The summed E-state index contributed by atoms with van der Waals surface area (Å²) in [6.07, 6.45) is 1.98. The van der Waals surface area contributed by atoms with Crippen LogP contribution in [0.5, 0.6) is 0 Å². The molecule has 4 nitrogen and oxygen atoms in total. The monoisotopic (exact) mass is 423 g/mol. The molecule has 0 saturated heterocycles. The van der Waals surface area contributed by atoms with E-state index in [0.29, 0.717) is 5.96 Å². The van der Waals surface area contributed by atoms with E-state index in [9.17, 15) is 0 Å². The first kappa shape index (κ1) is 20.5. The van der Waals surface area contributed by atoms with Gasteiger partial charge in [-0.15, -0.1) is 35.7 Å². The van der Waals surface area contributed by atoms with Crippen LogP contribution in [0.1, 0.15) is 19.8 Å². The van der Waals surface area contributed by atoms with Gasteiger partial charge in [0.05, 0.1) is 0 Å². The smallest absolute Gasteiger partial charge is 0.188 e. The van der Waals surface area contributed by atoms with Crippen molar-refractivity contribution in [2.24, 2.45) is 10.7 Å². The molecule has 0 aliphatic rings. The molecule has 0 amide bonds. The fourth-order valence-corrected chi connectivity index (χ4v) is 2.42. The number of guanidine groups is 1. The zero-order chi connectivity index (χ0) is 14.5. The van der Waals surface area contributed by atoms with E-state index < -0.39 is 0 Å². The van der Waals surface area contributed by atoms with Crippen molar-refractivity contribution in [2.75, 3.05) is 32.1 Å². The number of thioether (sulfide) groups is 1. The summed E-state index contributed by atoms with van der Waals surface area (Å²) in [5.74, 6) is 1.59. The van der Waals surface area contributed by atoms with Crippen molar-refractivity contribution < 1.29 is 4.74 Å². The van der Waals surface area contributed by atoms with Gasteiger partial charge in [0.15, 0.2) is 5.96 Å². The summed E-state index contributed by atoms with van der Waals surface area (Å²) >= 11 is 1.85. The number of hydrogen-bond acceptors (Lipinski definition) is 3. The largest absolute Gasteiger partial charge is 0.382 e. The number of nitrogens with two attached hydrogens (primary N) is 1. The molecular weight excluding hydrogens is 397 g/mol. The minimum absolute atomic E-state index is 0. The highest BCUT2D eigenvalue weighted by atomic mass is 127. The van der Waals surface area contributed by atoms with Crippen molar-refractivity contribution in [1.29, 1.82) is 0 Å². The zero-order valence-electron chi connectivity index (χ0n) is 12.6. The Bertz CT molecular complexity index is 376. The van der Waals surface area contributed by atoms with Crippen molar-refractivity contribution in [3.63, 3.8) is 0 Å². The first-order valence-electron chi connectivity index (χ1n) is 7.12. The Labute approximate surface area is 149 Å². The van der Waals surface area contributed by atoms with E-state index in [1.165, 1.54) is 4.90 Å². The maximum Gasteiger partial charge on any atom is 0.188 e. The van der Waals surface area contributed by atoms with E-state index in [0.717, 1.165) is 44.9 Å². The van der Waals surface area contributed by atoms with Gasteiger partial charge in [0.2, 0.25) is 0 Å². The maximum absolute atomic E-state index is 5.77. The Morgan fingerprint density at radius 1 is 1.29 bits per heavy atom. The van der Waals surface area contributed by atoms with Crippen molar-refractivity contribution in [2.45, 2.75) is 24.7 Å². The van der Waals surface area contributed by atoms with Crippen LogP contribution in [-0.2, 0) is 4.74 Å². The Hall–Kier alpha value is -0.470. The molecule has 0 aliphatic heterocycles. The molecule has 6 heteroatoms. The Balaban J connectivity index is 0.00000400. The number of aliphatic imine (C=N–C) groups is 1. The lowest BCUT2D eigenvalue weighted by Gasteiger charge is -2.05. The molecule has 0 aliphatic carbocycles. The average Bonchev–Trinajstić information content (AvgIpc) is 2.48. The van der Waals surface area contributed by atoms with Crippen LogP contribution in [0.2, 0.25) is 0 Å². The summed E-state index contributed by atoms with van der Waals surface area (Å²) in [6.45, 7) is 5.11. The van der Waals surface area contributed by atoms with Crippen LogP contribution in [0.25, 0.3) is 0 Å². The highest BCUT2D eigenvalue weighted by molar-refractivity contribution is 14.0. The fourth-order valence-electron chi connectivity index (χ4n) is 1.56. The average molecular weight is 423 g/mol. The van der Waals surface area contributed by atoms with Crippen molar-refractivity contribution in [1.82, 2.24) is 5.32 Å². The van der Waals surface area contributed by atoms with Gasteiger partial charge in [0.1, 0.15) is 0 Å². The molecule has 0 radical (unpaired) electrons. The summed E-state index contributed by atoms with van der Waals surface area (Å²) in [5, 5.41) is 3.09. The number of ether oxygens (including phenoxy) is 1. The molecule has 0 atom stereocenters. The quantitative estimate of drug-likeness (QED) is 0.200. The van der Waals surface area contributed by atoms with Gasteiger partial charge in [-0.25, -0.2) is 0 Å². The van der Waals surface area contributed by atoms with Crippen molar-refractivity contribution in [3.8, 4) is 0 Å². The molecule has 0 fully saturated rings. The topological polar surface area (TPSA) is 59.6 Å². The van der Waals surface area contributed by atoms with Gasteiger partial charge in [-0.1, -0.05) is 18.2 Å². The molecule has 0 heterocycles. The number of nitrogens with one attached hydrogen (secondary N) is 1. The molecule has 1 rings (SSSR count). The fraction of sp³-hybridized carbons (Fsp3) is 0.533. The minimum atomic E-state index is 0. The Morgan fingerprint density at radius 2 is 2.05 bits per heavy atom. The molecule has 0 spiro atoms. The van der Waals surface area contributed by atoms with E-state index in [1.54, 1.807) is 0 Å². The standard InChI is InChI=1S/C15H25N3OS.HI/c1-2-19-12-6-10-17-15(16)18-11-7-13-20-14-8-4-3-5-9-14;/h3-5,8-9H,2,6-7,10-13H2,1H3,(H3,16,17,18);1H. The number of benzene rings is 1. The lowest BCUT2D eigenvalue weighted by Crippen LogP contribution is -2.33. The third-order valence-electron chi connectivity index (χ3n) is 2.57. The normalized spacial score (nSPS) is 11.0. The minimum Gasteiger partial charge on any atom is -0.382 e. The summed E-state index contributed by atoms with van der Waals surface area (Å²) in [6, 6.07) is 10.4. The second-order valence-electron chi connectivity index (χ2n) is 4.26. The van der Waals surface area contributed by atoms with Crippen LogP contribution in [-0.4, -0.2) is 38.0 Å². The molecule has 21 heavy (non-hydrogen) atoms. The molecule has 120 valence electrons. The lowest BCUT2D eigenvalue weighted by molar-refractivity contribution is 0.145. The Morgan fingerprint density at radius 3 is 2.76 bits per heavy atom. The van der Waals surface area contributed by atoms with Crippen molar-refractivity contribution in [3.05, 3.63) is 30.3 Å². The van der Waals surface area contributed by atoms with Gasteiger partial charge in [-0.2, -0.15) is 0 Å². The molecule has 0 aromatic heterocycles. The highest BCUT2D eigenvalue weighted by Crippen LogP contribution is 2.17. The van der Waals surface area contributed by atoms with Gasteiger partial charge in [0, 0.05) is 31.2 Å². The molecule has 0 unspecified atom stereocenters. The predicted molar refractivity (Wildman–Crippen MR) is 103 cm³/mol. The third-order valence-corrected chi connectivity index (χ3v) is 3.67. The van der Waals surface area contributed by atoms with E-state index in [2.05, 4.69) is 34.6 Å². The van der Waals surface area contributed by atoms with Crippen LogP contribution in [0.4, 0.5) is 0 Å². The maximum atomic E-state index is 5.77. The second kappa shape index (κ2) is 14.5. The van der Waals surface area contributed by atoms with Crippen LogP contribution < -0.4 is 11.1 Å². The summed E-state index contributed by atoms with van der Waals surface area (Å²) in [5.41, 5.74) is 5.77.